The lowest BCUT2D eigenvalue weighted by Crippen LogP contribution is -1.95. The lowest BCUT2D eigenvalue weighted by atomic mass is 10.0. The number of benzene rings is 1. The molecule has 3 rings (SSSR count). The number of hydrogen-bond acceptors (Lipinski definition) is 1. The Balaban J connectivity index is 2.14. The fourth-order valence-electron chi connectivity index (χ4n) is 2.52. The van der Waals surface area contributed by atoms with E-state index in [1.165, 1.54) is 29.5 Å². The van der Waals surface area contributed by atoms with Gasteiger partial charge in [-0.1, -0.05) is 35.3 Å². The minimum absolute atomic E-state index is 0.808. The fraction of sp³-hybridized carbons (Fsp3) is 0.357. The van der Waals surface area contributed by atoms with Crippen LogP contribution in [0.2, 0.25) is 0 Å². The summed E-state index contributed by atoms with van der Waals surface area (Å²) in [6.07, 6.45) is 3.63. The van der Waals surface area contributed by atoms with Crippen molar-refractivity contribution in [2.24, 2.45) is 5.92 Å². The zero-order valence-corrected chi connectivity index (χ0v) is 10.9. The summed E-state index contributed by atoms with van der Waals surface area (Å²) in [6.45, 7) is 2.27. The lowest BCUT2D eigenvalue weighted by molar-refractivity contribution is 0.540. The predicted octanol–water partition coefficient (Wildman–Crippen LogP) is 4.12. The van der Waals surface area contributed by atoms with Crippen LogP contribution in [0, 0.1) is 5.92 Å². The molecular formula is C14H14BrN. The number of aromatic nitrogens is 1. The molecule has 0 amide bonds. The molecule has 0 fully saturated rings. The zero-order chi connectivity index (χ0) is 11.1. The summed E-state index contributed by atoms with van der Waals surface area (Å²) in [5, 5.41) is 1.26. The van der Waals surface area contributed by atoms with Crippen LogP contribution in [-0.2, 0) is 12.8 Å². The standard InChI is InChI=1S/C14H14BrN/c1-2-9-5-11-7-10-3-4-12(15)8-14(10)16-13(11)6-9/h3-4,7-9H,2,5-6H2,1H3/t9-/m1/s1. The van der Waals surface area contributed by atoms with Crippen molar-refractivity contribution in [1.29, 1.82) is 0 Å². The highest BCUT2D eigenvalue weighted by atomic mass is 79.9. The monoisotopic (exact) mass is 275 g/mol. The van der Waals surface area contributed by atoms with Gasteiger partial charge in [-0.3, -0.25) is 4.98 Å². The van der Waals surface area contributed by atoms with Crippen LogP contribution in [0.5, 0.6) is 0 Å². The van der Waals surface area contributed by atoms with Gasteiger partial charge in [0.15, 0.2) is 0 Å². The Morgan fingerprint density at radius 2 is 2.19 bits per heavy atom. The lowest BCUT2D eigenvalue weighted by Gasteiger charge is -2.02. The molecule has 2 heteroatoms. The average Bonchev–Trinajstić information content (AvgIpc) is 2.67. The molecule has 1 nitrogen and oxygen atoms in total. The molecular weight excluding hydrogens is 262 g/mol. The summed E-state index contributed by atoms with van der Waals surface area (Å²) < 4.78 is 1.11. The highest BCUT2D eigenvalue weighted by Gasteiger charge is 2.21. The van der Waals surface area contributed by atoms with Gasteiger partial charge in [-0.25, -0.2) is 0 Å². The van der Waals surface area contributed by atoms with Crippen LogP contribution in [0.15, 0.2) is 28.7 Å². The van der Waals surface area contributed by atoms with E-state index in [0.29, 0.717) is 0 Å². The summed E-state index contributed by atoms with van der Waals surface area (Å²) >= 11 is 3.50. The van der Waals surface area contributed by atoms with Crippen molar-refractivity contribution in [3.05, 3.63) is 40.0 Å². The molecule has 16 heavy (non-hydrogen) atoms. The van der Waals surface area contributed by atoms with E-state index in [2.05, 4.69) is 47.1 Å². The molecule has 0 N–H and O–H groups in total. The smallest absolute Gasteiger partial charge is 0.0716 e. The van der Waals surface area contributed by atoms with E-state index in [0.717, 1.165) is 22.3 Å². The van der Waals surface area contributed by atoms with Crippen LogP contribution >= 0.6 is 15.9 Å². The molecule has 1 aliphatic rings. The Morgan fingerprint density at radius 3 is 3.00 bits per heavy atom. The van der Waals surface area contributed by atoms with Crippen molar-refractivity contribution < 1.29 is 0 Å². The second kappa shape index (κ2) is 3.85. The summed E-state index contributed by atoms with van der Waals surface area (Å²) in [4.78, 5) is 4.78. The van der Waals surface area contributed by atoms with E-state index in [4.69, 9.17) is 4.98 Å². The number of hydrogen-bond donors (Lipinski definition) is 0. The SMILES string of the molecule is CC[C@@H]1Cc2cc3ccc(Br)cc3nc2C1. The number of halogens is 1. The molecule has 0 spiro atoms. The van der Waals surface area contributed by atoms with Crippen molar-refractivity contribution in [3.8, 4) is 0 Å². The molecule has 0 bridgehead atoms. The topological polar surface area (TPSA) is 12.9 Å². The fourth-order valence-corrected chi connectivity index (χ4v) is 2.87. The molecule has 0 radical (unpaired) electrons. The molecule has 1 aromatic carbocycles. The van der Waals surface area contributed by atoms with Gasteiger partial charge in [0.05, 0.1) is 5.52 Å². The van der Waals surface area contributed by atoms with Crippen molar-refractivity contribution >= 4 is 26.8 Å². The van der Waals surface area contributed by atoms with Crippen molar-refractivity contribution in [2.75, 3.05) is 0 Å². The minimum Gasteiger partial charge on any atom is -0.253 e. The summed E-state index contributed by atoms with van der Waals surface area (Å²) in [5.41, 5.74) is 3.89. The maximum Gasteiger partial charge on any atom is 0.0716 e. The quantitative estimate of drug-likeness (QED) is 0.763. The maximum absolute atomic E-state index is 4.78. The summed E-state index contributed by atoms with van der Waals surface area (Å²) in [6, 6.07) is 8.66. The number of rotatable bonds is 1. The van der Waals surface area contributed by atoms with Crippen molar-refractivity contribution in [3.63, 3.8) is 0 Å². The van der Waals surface area contributed by atoms with Crippen LogP contribution < -0.4 is 0 Å². The molecule has 1 aliphatic carbocycles. The van der Waals surface area contributed by atoms with Gasteiger partial charge in [0.1, 0.15) is 0 Å². The molecule has 0 saturated heterocycles. The van der Waals surface area contributed by atoms with Crippen LogP contribution in [0.4, 0.5) is 0 Å². The van der Waals surface area contributed by atoms with Gasteiger partial charge in [0.25, 0.3) is 0 Å². The predicted molar refractivity (Wildman–Crippen MR) is 70.6 cm³/mol. The zero-order valence-electron chi connectivity index (χ0n) is 9.33. The van der Waals surface area contributed by atoms with Crippen molar-refractivity contribution in [2.45, 2.75) is 26.2 Å². The Labute approximate surface area is 104 Å². The summed E-state index contributed by atoms with van der Waals surface area (Å²) in [7, 11) is 0. The van der Waals surface area contributed by atoms with E-state index in [1.807, 2.05) is 0 Å². The first-order valence-corrected chi connectivity index (χ1v) is 6.63. The maximum atomic E-state index is 4.78. The third-order valence-electron chi connectivity index (χ3n) is 3.52. The first kappa shape index (κ1) is 10.3. The van der Waals surface area contributed by atoms with E-state index in [-0.39, 0.29) is 0 Å². The van der Waals surface area contributed by atoms with Gasteiger partial charge in [-0.05, 0) is 42.5 Å². The van der Waals surface area contributed by atoms with E-state index in [1.54, 1.807) is 0 Å². The molecule has 1 aromatic heterocycles. The second-order valence-electron chi connectivity index (χ2n) is 4.61. The molecule has 82 valence electrons. The Morgan fingerprint density at radius 1 is 1.31 bits per heavy atom. The third kappa shape index (κ3) is 1.65. The highest BCUT2D eigenvalue weighted by Crippen LogP contribution is 2.30. The van der Waals surface area contributed by atoms with Crippen LogP contribution in [0.25, 0.3) is 10.9 Å². The molecule has 1 heterocycles. The van der Waals surface area contributed by atoms with Gasteiger partial charge >= 0.3 is 0 Å². The van der Waals surface area contributed by atoms with Gasteiger partial charge in [0.2, 0.25) is 0 Å². The third-order valence-corrected chi connectivity index (χ3v) is 4.01. The minimum atomic E-state index is 0.808. The molecule has 1 atom stereocenters. The van der Waals surface area contributed by atoms with Crippen LogP contribution in [0.3, 0.4) is 0 Å². The second-order valence-corrected chi connectivity index (χ2v) is 5.53. The molecule has 0 saturated carbocycles. The highest BCUT2D eigenvalue weighted by molar-refractivity contribution is 9.10. The molecule has 0 unspecified atom stereocenters. The first-order chi connectivity index (χ1) is 7.76. The Hall–Kier alpha value is -0.890. The largest absolute Gasteiger partial charge is 0.253 e. The number of nitrogens with zero attached hydrogens (tertiary/aromatic N) is 1. The Bertz CT molecular complexity index is 548. The van der Waals surface area contributed by atoms with E-state index < -0.39 is 0 Å². The molecule has 2 aromatic rings. The van der Waals surface area contributed by atoms with Crippen LogP contribution in [-0.4, -0.2) is 4.98 Å². The van der Waals surface area contributed by atoms with E-state index >= 15 is 0 Å². The van der Waals surface area contributed by atoms with Crippen LogP contribution in [0.1, 0.15) is 24.6 Å². The van der Waals surface area contributed by atoms with E-state index in [9.17, 15) is 0 Å². The Kier molecular flexibility index (Phi) is 2.47. The number of pyridine rings is 1. The average molecular weight is 276 g/mol. The normalized spacial score (nSPS) is 19.0. The van der Waals surface area contributed by atoms with Gasteiger partial charge in [-0.2, -0.15) is 0 Å². The first-order valence-electron chi connectivity index (χ1n) is 5.84. The molecule has 0 aliphatic heterocycles. The van der Waals surface area contributed by atoms with Gasteiger partial charge < -0.3 is 0 Å². The van der Waals surface area contributed by atoms with Crippen molar-refractivity contribution in [1.82, 2.24) is 4.98 Å². The van der Waals surface area contributed by atoms with Gasteiger partial charge in [0, 0.05) is 15.6 Å². The summed E-state index contributed by atoms with van der Waals surface area (Å²) in [5.74, 6) is 0.808. The van der Waals surface area contributed by atoms with Gasteiger partial charge in [-0.15, -0.1) is 0 Å². The number of fused-ring (bicyclic) bond motifs is 2.